The van der Waals surface area contributed by atoms with Gasteiger partial charge in [0, 0.05) is 38.6 Å². The molecule has 6 aromatic carbocycles. The molecule has 0 aliphatic heterocycles. The Morgan fingerprint density at radius 2 is 1.53 bits per heavy atom. The fourth-order valence-electron chi connectivity index (χ4n) is 7.34. The van der Waals surface area contributed by atoms with Crippen molar-refractivity contribution in [2.24, 2.45) is 5.92 Å². The van der Waals surface area contributed by atoms with Gasteiger partial charge in [-0.1, -0.05) is 137 Å². The number of rotatable bonds is 8. The molecule has 0 aliphatic carbocycles. The topological polar surface area (TPSA) is 50.9 Å². The van der Waals surface area contributed by atoms with Crippen molar-refractivity contribution < 1.29 is 37.1 Å². The van der Waals surface area contributed by atoms with E-state index in [4.69, 9.17) is 14.6 Å². The molecule has 0 unspecified atom stereocenters. The second kappa shape index (κ2) is 16.1. The number of nitrogens with zero attached hydrogens (tertiary/aromatic N) is 3. The summed E-state index contributed by atoms with van der Waals surface area (Å²) in [5.41, 5.74) is 9.41. The zero-order chi connectivity index (χ0) is 46.1. The first-order chi connectivity index (χ1) is 30.3. The molecule has 288 valence electrons. The largest absolute Gasteiger partial charge is 0.507 e. The van der Waals surface area contributed by atoms with Crippen molar-refractivity contribution in [1.82, 2.24) is 14.5 Å². The third-order valence-corrected chi connectivity index (χ3v) is 10.1. The van der Waals surface area contributed by atoms with Crippen LogP contribution in [0.4, 0.5) is 0 Å². The molecule has 0 aliphatic rings. The number of pyridine rings is 1. The van der Waals surface area contributed by atoms with Crippen molar-refractivity contribution in [3.05, 3.63) is 168 Å². The third-order valence-electron chi connectivity index (χ3n) is 10.1. The van der Waals surface area contributed by atoms with Gasteiger partial charge in [-0.25, -0.2) is 4.98 Å². The van der Waals surface area contributed by atoms with Gasteiger partial charge >= 0.3 is 0 Å². The molecule has 2 heterocycles. The molecule has 1 N–H and O–H groups in total. The molecule has 8 aromatic rings. The number of phenols is 1. The number of hydrogen-bond acceptors (Lipinski definition) is 3. The molecular weight excluding hydrogens is 878 g/mol. The second-order valence-electron chi connectivity index (χ2n) is 15.9. The second-order valence-corrected chi connectivity index (χ2v) is 15.9. The molecule has 4 nitrogen and oxygen atoms in total. The average molecular weight is 934 g/mol. The Labute approximate surface area is 362 Å². The van der Waals surface area contributed by atoms with Crippen molar-refractivity contribution >= 4 is 11.0 Å². The van der Waals surface area contributed by atoms with Crippen LogP contribution >= 0.6 is 0 Å². The van der Waals surface area contributed by atoms with Crippen LogP contribution in [0.3, 0.4) is 0 Å². The van der Waals surface area contributed by atoms with E-state index in [9.17, 15) is 6.48 Å². The Morgan fingerprint density at radius 3 is 2.26 bits per heavy atom. The minimum atomic E-state index is -0.604. The summed E-state index contributed by atoms with van der Waals surface area (Å²) < 4.78 is 71.1. The normalized spacial score (nSPS) is 13.5. The first-order valence-electron chi connectivity index (χ1n) is 22.9. The van der Waals surface area contributed by atoms with E-state index in [1.54, 1.807) is 0 Å². The number of aromatic hydroxyl groups is 1. The van der Waals surface area contributed by atoms with E-state index in [0.717, 1.165) is 45.4 Å². The molecule has 57 heavy (non-hydrogen) atoms. The molecule has 5 heteroatoms. The van der Waals surface area contributed by atoms with Crippen molar-refractivity contribution in [2.45, 2.75) is 60.3 Å². The smallest absolute Gasteiger partial charge is 0.148 e. The van der Waals surface area contributed by atoms with Gasteiger partial charge < -0.3 is 5.11 Å². The maximum Gasteiger partial charge on any atom is 0.148 e. The van der Waals surface area contributed by atoms with Gasteiger partial charge in [-0.2, -0.15) is 0 Å². The molecule has 2 aromatic heterocycles. The van der Waals surface area contributed by atoms with Crippen LogP contribution in [0.5, 0.6) is 5.75 Å². The summed E-state index contributed by atoms with van der Waals surface area (Å²) in [4.78, 5) is 9.78. The van der Waals surface area contributed by atoms with Crippen LogP contribution < -0.4 is 0 Å². The summed E-state index contributed by atoms with van der Waals surface area (Å²) in [7, 11) is 0. The average Bonchev–Trinajstić information content (AvgIpc) is 3.65. The van der Waals surface area contributed by atoms with Gasteiger partial charge in [0.2, 0.25) is 0 Å². The first kappa shape index (κ1) is 30.6. The van der Waals surface area contributed by atoms with Gasteiger partial charge in [0.25, 0.3) is 0 Å². The molecule has 0 saturated carbocycles. The number of fused-ring (bicyclic) bond motifs is 1. The van der Waals surface area contributed by atoms with Gasteiger partial charge in [-0.05, 0) is 101 Å². The number of para-hydroxylation sites is 1. The van der Waals surface area contributed by atoms with Crippen LogP contribution in [0.1, 0.15) is 67.8 Å². The Morgan fingerprint density at radius 1 is 0.772 bits per heavy atom. The van der Waals surface area contributed by atoms with Crippen molar-refractivity contribution in [1.29, 1.82) is 0 Å². The Balaban J connectivity index is 0.00000630. The van der Waals surface area contributed by atoms with E-state index >= 15 is 0 Å². The number of imidazole rings is 1. The maximum atomic E-state index is 11.7. The van der Waals surface area contributed by atoms with Crippen LogP contribution in [0.2, 0.25) is 0 Å². The fraction of sp³-hybridized carbons (Fsp3) is 0.192. The molecule has 0 bridgehead atoms. The van der Waals surface area contributed by atoms with E-state index in [0.29, 0.717) is 39.5 Å². The summed E-state index contributed by atoms with van der Waals surface area (Å²) in [5.74, 6) is 1.05. The molecule has 8 rings (SSSR count). The monoisotopic (exact) mass is 933 g/mol. The quantitative estimate of drug-likeness (QED) is 0.154. The summed E-state index contributed by atoms with van der Waals surface area (Å²) in [6.45, 7) is 14.4. The molecular formula is C52H48N3OPt-. The standard InChI is InChI=1S/C52H48N3O.Pt/c1-33(2)25-39-31-43(21-22-44(39)37-17-12-9-13-18-37)55-48-20-14-19-45(49(48)54-51(55)46-27-34(3)26-35(4)50(46)56)40-28-41(30-42(29-40)52(5,6)7)47-32-38(23-24-53-47)36-15-10-8-11-16-36;/h8-24,26-27,29-33,56H,25H2,1-7H3;/q-1;/i8D,10D,11D,15D,16D,23D,24D,32D;. The van der Waals surface area contributed by atoms with Crippen LogP contribution in [-0.2, 0) is 32.9 Å². The number of hydrogen-bond donors (Lipinski definition) is 1. The van der Waals surface area contributed by atoms with Crippen molar-refractivity contribution in [3.63, 3.8) is 0 Å². The minimum Gasteiger partial charge on any atom is -0.507 e. The molecule has 0 amide bonds. The summed E-state index contributed by atoms with van der Waals surface area (Å²) >= 11 is 0. The Kier molecular flexibility index (Phi) is 8.64. The van der Waals surface area contributed by atoms with E-state index in [1.807, 2.05) is 74.5 Å². The predicted octanol–water partition coefficient (Wildman–Crippen LogP) is 13.4. The Bertz CT molecular complexity index is 3150. The van der Waals surface area contributed by atoms with E-state index in [2.05, 4.69) is 80.6 Å². The number of benzene rings is 6. The predicted molar refractivity (Wildman–Crippen MR) is 233 cm³/mol. The van der Waals surface area contributed by atoms with E-state index < -0.39 is 47.8 Å². The number of phenolic OH excluding ortho intramolecular Hbond substituents is 1. The zero-order valence-corrected chi connectivity index (χ0v) is 35.3. The SMILES string of the molecule is [2H]c1nc(-c2[c-]c(-c3cccc4c3nc(-c3cc(C)cc(C)c3O)n4-c3ccc(-c4ccccc4)c(CC(C)C)c3)cc(C(C)(C)C)c2)c([2H])c(-c2c([2H])c([2H])c([2H])c([2H])c2[2H])c1[2H].[Pt]. The third kappa shape index (κ3) is 8.02. The molecule has 0 fully saturated rings. The fourth-order valence-corrected chi connectivity index (χ4v) is 7.34. The van der Waals surface area contributed by atoms with Crippen LogP contribution in [0, 0.1) is 25.8 Å². The van der Waals surface area contributed by atoms with Crippen molar-refractivity contribution in [3.8, 4) is 67.5 Å². The summed E-state index contributed by atoms with van der Waals surface area (Å²) in [6, 6.07) is 30.1. The maximum absolute atomic E-state index is 11.7. The van der Waals surface area contributed by atoms with Crippen LogP contribution in [0.15, 0.2) is 139 Å². The van der Waals surface area contributed by atoms with Crippen LogP contribution in [0.25, 0.3) is 72.7 Å². The number of aryl methyl sites for hydroxylation is 2. The molecule has 0 radical (unpaired) electrons. The van der Waals surface area contributed by atoms with Gasteiger partial charge in [0.1, 0.15) is 11.6 Å². The first-order valence-corrected chi connectivity index (χ1v) is 18.9. The molecule has 0 saturated heterocycles. The molecule has 0 atom stereocenters. The van der Waals surface area contributed by atoms with E-state index in [-0.39, 0.29) is 49.7 Å². The van der Waals surface area contributed by atoms with Crippen LogP contribution in [-0.4, -0.2) is 19.6 Å². The summed E-state index contributed by atoms with van der Waals surface area (Å²) in [6.07, 6.45) is 0.320. The van der Waals surface area contributed by atoms with Gasteiger partial charge in [0.15, 0.2) is 0 Å². The Hall–Kier alpha value is -5.57. The molecule has 0 spiro atoms. The summed E-state index contributed by atoms with van der Waals surface area (Å²) in [5, 5.41) is 11.7. The number of aromatic nitrogens is 3. The van der Waals surface area contributed by atoms with E-state index in [1.165, 1.54) is 5.56 Å². The van der Waals surface area contributed by atoms with Crippen molar-refractivity contribution in [2.75, 3.05) is 0 Å². The zero-order valence-electron chi connectivity index (χ0n) is 41.0. The van der Waals surface area contributed by atoms with Gasteiger partial charge in [-0.15, -0.1) is 29.3 Å². The minimum absolute atomic E-state index is 0. The van der Waals surface area contributed by atoms with Gasteiger partial charge in [0.05, 0.1) is 27.6 Å². The van der Waals surface area contributed by atoms with Gasteiger partial charge in [-0.3, -0.25) is 9.55 Å².